The van der Waals surface area contributed by atoms with Crippen molar-refractivity contribution in [2.45, 2.75) is 30.7 Å². The van der Waals surface area contributed by atoms with Gasteiger partial charge in [-0.1, -0.05) is 62.0 Å². The van der Waals surface area contributed by atoms with Gasteiger partial charge in [-0.05, 0) is 24.6 Å². The molecule has 2 aromatic carbocycles. The zero-order valence-electron chi connectivity index (χ0n) is 14.2. The second-order valence-corrected chi connectivity index (χ2v) is 7.51. The van der Waals surface area contributed by atoms with E-state index in [1.54, 1.807) is 16.3 Å². The topological polar surface area (TPSA) is 50.7 Å². The predicted molar refractivity (Wildman–Crippen MR) is 105 cm³/mol. The second-order valence-electron chi connectivity index (χ2n) is 6.10. The van der Waals surface area contributed by atoms with Crippen molar-refractivity contribution < 1.29 is 0 Å². The van der Waals surface area contributed by atoms with Crippen LogP contribution < -0.4 is 5.56 Å². The van der Waals surface area contributed by atoms with Crippen molar-refractivity contribution in [1.29, 1.82) is 0 Å². The van der Waals surface area contributed by atoms with Crippen LogP contribution in [0.25, 0.3) is 27.6 Å². The number of thioether (sulfide) groups is 1. The highest BCUT2D eigenvalue weighted by Gasteiger charge is 2.18. The van der Waals surface area contributed by atoms with Gasteiger partial charge in [-0.2, -0.15) is 0 Å². The van der Waals surface area contributed by atoms with Crippen molar-refractivity contribution in [3.8, 4) is 5.69 Å². The van der Waals surface area contributed by atoms with Gasteiger partial charge in [-0.15, -0.1) is 0 Å². The van der Waals surface area contributed by atoms with Gasteiger partial charge in [0.1, 0.15) is 11.0 Å². The summed E-state index contributed by atoms with van der Waals surface area (Å²) >= 11 is 1.64. The zero-order valence-corrected chi connectivity index (χ0v) is 15.0. The standard InChI is InChI=1S/C20H19N3OS/c1-3-13(2)25-20-22-17-15-11-7-8-12-16(15)21-18(17)19(24)23(20)14-9-5-4-6-10-14/h4-13,21H,3H2,1-2H3/t13-/m0/s1. The lowest BCUT2D eigenvalue weighted by Crippen LogP contribution is -2.22. The van der Waals surface area contributed by atoms with Crippen LogP contribution >= 0.6 is 11.8 Å². The van der Waals surface area contributed by atoms with Gasteiger partial charge in [0.15, 0.2) is 5.16 Å². The summed E-state index contributed by atoms with van der Waals surface area (Å²) in [5, 5.41) is 2.10. The minimum absolute atomic E-state index is 0.0572. The molecule has 5 heteroatoms. The van der Waals surface area contributed by atoms with Crippen molar-refractivity contribution in [3.05, 3.63) is 65.0 Å². The maximum Gasteiger partial charge on any atom is 0.283 e. The van der Waals surface area contributed by atoms with Gasteiger partial charge in [-0.25, -0.2) is 4.98 Å². The Kier molecular flexibility index (Phi) is 4.09. The van der Waals surface area contributed by atoms with Crippen LogP contribution in [0, 0.1) is 0 Å². The van der Waals surface area contributed by atoms with Crippen molar-refractivity contribution in [1.82, 2.24) is 14.5 Å². The number of aromatic amines is 1. The molecule has 2 heterocycles. The summed E-state index contributed by atoms with van der Waals surface area (Å²) in [6, 6.07) is 17.6. The highest BCUT2D eigenvalue weighted by molar-refractivity contribution is 7.99. The molecule has 0 aliphatic heterocycles. The summed E-state index contributed by atoms with van der Waals surface area (Å²) in [6.45, 7) is 4.30. The molecule has 0 aliphatic carbocycles. The summed E-state index contributed by atoms with van der Waals surface area (Å²) in [7, 11) is 0. The van der Waals surface area contributed by atoms with Gasteiger partial charge in [0.25, 0.3) is 5.56 Å². The van der Waals surface area contributed by atoms with Crippen LogP contribution in [0.1, 0.15) is 20.3 Å². The number of benzene rings is 2. The fourth-order valence-corrected chi connectivity index (χ4v) is 3.85. The number of nitrogens with zero attached hydrogens (tertiary/aromatic N) is 2. The van der Waals surface area contributed by atoms with Gasteiger partial charge in [0.2, 0.25) is 0 Å². The molecule has 4 nitrogen and oxygen atoms in total. The van der Waals surface area contributed by atoms with E-state index >= 15 is 0 Å². The molecular weight excluding hydrogens is 330 g/mol. The summed E-state index contributed by atoms with van der Waals surface area (Å²) in [5.74, 6) is 0. The van der Waals surface area contributed by atoms with Crippen molar-refractivity contribution in [2.24, 2.45) is 0 Å². The summed E-state index contributed by atoms with van der Waals surface area (Å²) in [6.07, 6.45) is 1.02. The first kappa shape index (κ1) is 16.0. The zero-order chi connectivity index (χ0) is 17.4. The van der Waals surface area contributed by atoms with Crippen molar-refractivity contribution in [3.63, 3.8) is 0 Å². The van der Waals surface area contributed by atoms with E-state index in [4.69, 9.17) is 4.98 Å². The van der Waals surface area contributed by atoms with Crippen molar-refractivity contribution in [2.75, 3.05) is 0 Å². The Balaban J connectivity index is 2.07. The minimum atomic E-state index is -0.0572. The first-order valence-corrected chi connectivity index (χ1v) is 9.32. The van der Waals surface area contributed by atoms with Gasteiger partial charge in [-0.3, -0.25) is 9.36 Å². The maximum absolute atomic E-state index is 13.3. The number of aromatic nitrogens is 3. The van der Waals surface area contributed by atoms with Crippen LogP contribution in [0.4, 0.5) is 0 Å². The molecule has 0 bridgehead atoms. The molecule has 25 heavy (non-hydrogen) atoms. The molecule has 0 amide bonds. The third-order valence-corrected chi connectivity index (χ3v) is 5.61. The molecule has 0 radical (unpaired) electrons. The lowest BCUT2D eigenvalue weighted by molar-refractivity contribution is 0.806. The number of fused-ring (bicyclic) bond motifs is 3. The molecule has 0 fully saturated rings. The lowest BCUT2D eigenvalue weighted by Gasteiger charge is -2.14. The second kappa shape index (κ2) is 6.41. The quantitative estimate of drug-likeness (QED) is 0.427. The minimum Gasteiger partial charge on any atom is -0.349 e. The average Bonchev–Trinajstić information content (AvgIpc) is 3.02. The van der Waals surface area contributed by atoms with Crippen molar-refractivity contribution >= 4 is 33.7 Å². The van der Waals surface area contributed by atoms with Crippen LogP contribution in [-0.2, 0) is 0 Å². The SMILES string of the molecule is CC[C@H](C)Sc1nc2c([nH]c3ccccc32)c(=O)n1-c1ccccc1. The van der Waals surface area contributed by atoms with E-state index in [2.05, 4.69) is 18.8 Å². The number of nitrogens with one attached hydrogen (secondary N) is 1. The number of hydrogen-bond donors (Lipinski definition) is 1. The van der Waals surface area contributed by atoms with E-state index in [-0.39, 0.29) is 5.56 Å². The molecule has 0 unspecified atom stereocenters. The third-order valence-electron chi connectivity index (χ3n) is 4.39. The van der Waals surface area contributed by atoms with Crippen LogP contribution in [0.15, 0.2) is 64.5 Å². The molecule has 0 saturated carbocycles. The van der Waals surface area contributed by atoms with Crippen LogP contribution in [0.3, 0.4) is 0 Å². The Morgan fingerprint density at radius 2 is 1.84 bits per heavy atom. The van der Waals surface area contributed by atoms with E-state index < -0.39 is 0 Å². The Hall–Kier alpha value is -2.53. The summed E-state index contributed by atoms with van der Waals surface area (Å²) in [5.41, 5.74) is 3.02. The number of hydrogen-bond acceptors (Lipinski definition) is 3. The molecular formula is C20H19N3OS. The van der Waals surface area contributed by atoms with E-state index in [1.807, 2.05) is 54.6 Å². The lowest BCUT2D eigenvalue weighted by atomic mass is 10.2. The summed E-state index contributed by atoms with van der Waals surface area (Å²) < 4.78 is 1.72. The van der Waals surface area contributed by atoms with Crippen LogP contribution in [0.5, 0.6) is 0 Å². The van der Waals surface area contributed by atoms with E-state index in [9.17, 15) is 4.79 Å². The molecule has 0 saturated heterocycles. The number of para-hydroxylation sites is 2. The molecule has 0 spiro atoms. The molecule has 4 rings (SSSR count). The van der Waals surface area contributed by atoms with Crippen LogP contribution in [-0.4, -0.2) is 19.8 Å². The first-order chi connectivity index (χ1) is 12.2. The highest BCUT2D eigenvalue weighted by atomic mass is 32.2. The number of H-pyrrole nitrogens is 1. The summed E-state index contributed by atoms with van der Waals surface area (Å²) in [4.78, 5) is 21.4. The van der Waals surface area contributed by atoms with E-state index in [1.165, 1.54) is 0 Å². The maximum atomic E-state index is 13.3. The molecule has 1 atom stereocenters. The van der Waals surface area contributed by atoms with Crippen LogP contribution in [0.2, 0.25) is 0 Å². The number of rotatable bonds is 4. The van der Waals surface area contributed by atoms with Gasteiger partial charge >= 0.3 is 0 Å². The molecule has 4 aromatic rings. The fourth-order valence-electron chi connectivity index (χ4n) is 2.89. The van der Waals surface area contributed by atoms with E-state index in [0.29, 0.717) is 10.8 Å². The molecule has 0 aliphatic rings. The Labute approximate surface area is 149 Å². The predicted octanol–water partition coefficient (Wildman–Crippen LogP) is 4.76. The third kappa shape index (κ3) is 2.74. The normalized spacial score (nSPS) is 12.7. The Morgan fingerprint density at radius 3 is 2.60 bits per heavy atom. The average molecular weight is 349 g/mol. The monoisotopic (exact) mass is 349 g/mol. The Bertz CT molecular complexity index is 1100. The molecule has 126 valence electrons. The largest absolute Gasteiger partial charge is 0.349 e. The van der Waals surface area contributed by atoms with E-state index in [0.717, 1.165) is 33.7 Å². The fraction of sp³-hybridized carbons (Fsp3) is 0.200. The highest BCUT2D eigenvalue weighted by Crippen LogP contribution is 2.29. The smallest absolute Gasteiger partial charge is 0.283 e. The molecule has 2 aromatic heterocycles. The van der Waals surface area contributed by atoms with Gasteiger partial charge in [0.05, 0.1) is 5.69 Å². The van der Waals surface area contributed by atoms with Gasteiger partial charge in [0, 0.05) is 16.2 Å². The molecule has 1 N–H and O–H groups in total. The van der Waals surface area contributed by atoms with Gasteiger partial charge < -0.3 is 4.98 Å². The Morgan fingerprint density at radius 1 is 1.12 bits per heavy atom. The first-order valence-electron chi connectivity index (χ1n) is 8.44.